The Morgan fingerprint density at radius 1 is 1.04 bits per heavy atom. The van der Waals surface area contributed by atoms with Crippen LogP contribution in [0.25, 0.3) is 0 Å². The zero-order valence-electron chi connectivity index (χ0n) is 14.7. The number of halogens is 2. The number of hydrogen-bond donors (Lipinski definition) is 1. The molecule has 0 aliphatic rings. The van der Waals surface area contributed by atoms with Crippen LogP contribution in [0.15, 0.2) is 42.5 Å². The largest absolute Gasteiger partial charge is 0.452 e. The number of benzene rings is 2. The monoisotopic (exact) mass is 361 g/mol. The Labute approximate surface area is 151 Å². The van der Waals surface area contributed by atoms with Crippen molar-refractivity contribution in [1.82, 2.24) is 5.32 Å². The minimum atomic E-state index is -1.15. The van der Waals surface area contributed by atoms with Gasteiger partial charge < -0.3 is 10.1 Å². The third-order valence-corrected chi connectivity index (χ3v) is 3.87. The molecule has 0 saturated heterocycles. The van der Waals surface area contributed by atoms with E-state index in [1.165, 1.54) is 5.56 Å². The highest BCUT2D eigenvalue weighted by molar-refractivity contribution is 5.91. The van der Waals surface area contributed by atoms with E-state index in [0.717, 1.165) is 23.8 Å². The van der Waals surface area contributed by atoms with Gasteiger partial charge in [0.15, 0.2) is 18.2 Å². The van der Waals surface area contributed by atoms with Crippen molar-refractivity contribution in [2.75, 3.05) is 13.2 Å². The van der Waals surface area contributed by atoms with E-state index in [1.54, 1.807) is 0 Å². The van der Waals surface area contributed by atoms with Gasteiger partial charge in [0.2, 0.25) is 0 Å². The van der Waals surface area contributed by atoms with Crippen LogP contribution in [0.5, 0.6) is 0 Å². The zero-order valence-corrected chi connectivity index (χ0v) is 14.7. The Balaban J connectivity index is 1.73. The maximum absolute atomic E-state index is 13.1. The highest BCUT2D eigenvalue weighted by Crippen LogP contribution is 2.14. The highest BCUT2D eigenvalue weighted by Gasteiger charge is 2.12. The second-order valence-electron chi connectivity index (χ2n) is 6.20. The van der Waals surface area contributed by atoms with Gasteiger partial charge in [0.05, 0.1) is 5.56 Å². The molecule has 26 heavy (non-hydrogen) atoms. The topological polar surface area (TPSA) is 55.4 Å². The quantitative estimate of drug-likeness (QED) is 0.767. The molecule has 0 heterocycles. The van der Waals surface area contributed by atoms with Crippen molar-refractivity contribution < 1.29 is 23.1 Å². The Bertz CT molecular complexity index is 773. The number of hydrogen-bond acceptors (Lipinski definition) is 3. The first-order valence-corrected chi connectivity index (χ1v) is 8.34. The van der Waals surface area contributed by atoms with Crippen LogP contribution in [0.4, 0.5) is 8.78 Å². The molecule has 138 valence electrons. The van der Waals surface area contributed by atoms with Crippen molar-refractivity contribution in [3.8, 4) is 0 Å². The van der Waals surface area contributed by atoms with Gasteiger partial charge in [-0.2, -0.15) is 0 Å². The Hall–Kier alpha value is -2.76. The standard InChI is InChI=1S/C20H21F2NO3/c1-13(2)15-5-3-14(4-6-15)9-10-23-19(24)12-26-20(25)16-7-8-17(21)18(22)11-16/h3-8,11,13H,9-10,12H2,1-2H3,(H,23,24). The van der Waals surface area contributed by atoms with E-state index in [4.69, 9.17) is 4.74 Å². The van der Waals surface area contributed by atoms with Gasteiger partial charge in [0.25, 0.3) is 5.91 Å². The van der Waals surface area contributed by atoms with Gasteiger partial charge in [-0.3, -0.25) is 4.79 Å². The van der Waals surface area contributed by atoms with Crippen LogP contribution in [-0.4, -0.2) is 25.0 Å². The average molecular weight is 361 g/mol. The van der Waals surface area contributed by atoms with Crippen molar-refractivity contribution in [2.45, 2.75) is 26.2 Å². The molecule has 2 aromatic rings. The predicted molar refractivity (Wildman–Crippen MR) is 93.9 cm³/mol. The molecule has 6 heteroatoms. The summed E-state index contributed by atoms with van der Waals surface area (Å²) in [6.45, 7) is 4.17. The van der Waals surface area contributed by atoms with Crippen LogP contribution >= 0.6 is 0 Å². The van der Waals surface area contributed by atoms with Crippen LogP contribution in [0.1, 0.15) is 41.3 Å². The van der Waals surface area contributed by atoms with Crippen LogP contribution in [-0.2, 0) is 16.0 Å². The molecule has 0 aromatic heterocycles. The van der Waals surface area contributed by atoms with Crippen molar-refractivity contribution in [2.24, 2.45) is 0 Å². The minimum absolute atomic E-state index is 0.151. The van der Waals surface area contributed by atoms with Gasteiger partial charge in [-0.15, -0.1) is 0 Å². The van der Waals surface area contributed by atoms with E-state index in [1.807, 2.05) is 12.1 Å². The molecule has 0 saturated carbocycles. The number of amides is 1. The smallest absolute Gasteiger partial charge is 0.338 e. The molecule has 0 spiro atoms. The maximum atomic E-state index is 13.1. The van der Waals surface area contributed by atoms with E-state index in [0.29, 0.717) is 18.9 Å². The van der Waals surface area contributed by atoms with Crippen molar-refractivity contribution in [3.63, 3.8) is 0 Å². The molecular formula is C20H21F2NO3. The lowest BCUT2D eigenvalue weighted by Gasteiger charge is -2.08. The molecule has 4 nitrogen and oxygen atoms in total. The maximum Gasteiger partial charge on any atom is 0.338 e. The normalized spacial score (nSPS) is 10.7. The summed E-state index contributed by atoms with van der Waals surface area (Å²) >= 11 is 0. The van der Waals surface area contributed by atoms with Crippen LogP contribution < -0.4 is 5.32 Å². The highest BCUT2D eigenvalue weighted by atomic mass is 19.2. The first-order valence-electron chi connectivity index (χ1n) is 8.34. The first-order chi connectivity index (χ1) is 12.4. The molecule has 0 unspecified atom stereocenters. The lowest BCUT2D eigenvalue weighted by Crippen LogP contribution is -2.30. The second-order valence-corrected chi connectivity index (χ2v) is 6.20. The number of rotatable bonds is 7. The number of carbonyl (C=O) groups excluding carboxylic acids is 2. The molecule has 0 fully saturated rings. The minimum Gasteiger partial charge on any atom is -0.452 e. The Morgan fingerprint density at radius 3 is 2.35 bits per heavy atom. The third-order valence-electron chi connectivity index (χ3n) is 3.87. The summed E-state index contributed by atoms with van der Waals surface area (Å²) in [6, 6.07) is 10.8. The fourth-order valence-electron chi connectivity index (χ4n) is 2.30. The summed E-state index contributed by atoms with van der Waals surface area (Å²) in [5.41, 5.74) is 2.19. The molecule has 0 aliphatic heterocycles. The van der Waals surface area contributed by atoms with Gasteiger partial charge in [0, 0.05) is 6.54 Å². The fourth-order valence-corrected chi connectivity index (χ4v) is 2.30. The molecular weight excluding hydrogens is 340 g/mol. The molecule has 1 amide bonds. The summed E-state index contributed by atoms with van der Waals surface area (Å²) in [6.07, 6.45) is 0.654. The van der Waals surface area contributed by atoms with Gasteiger partial charge in [-0.1, -0.05) is 38.1 Å². The molecule has 0 aliphatic carbocycles. The predicted octanol–water partition coefficient (Wildman–Crippen LogP) is 3.60. The second kappa shape index (κ2) is 9.08. The van der Waals surface area contributed by atoms with Gasteiger partial charge in [0.1, 0.15) is 0 Å². The summed E-state index contributed by atoms with van der Waals surface area (Å²) < 4.78 is 30.7. The molecule has 0 atom stereocenters. The fraction of sp³-hybridized carbons (Fsp3) is 0.300. The van der Waals surface area contributed by atoms with Crippen molar-refractivity contribution >= 4 is 11.9 Å². The third kappa shape index (κ3) is 5.65. The SMILES string of the molecule is CC(C)c1ccc(CCNC(=O)COC(=O)c2ccc(F)c(F)c2)cc1. The molecule has 0 radical (unpaired) electrons. The van der Waals surface area contributed by atoms with Crippen LogP contribution in [0, 0.1) is 11.6 Å². The number of carbonyl (C=O) groups is 2. The van der Waals surface area contributed by atoms with Crippen LogP contribution in [0.3, 0.4) is 0 Å². The number of nitrogens with one attached hydrogen (secondary N) is 1. The van der Waals surface area contributed by atoms with Gasteiger partial charge >= 0.3 is 5.97 Å². The number of ether oxygens (including phenoxy) is 1. The Morgan fingerprint density at radius 2 is 1.73 bits per heavy atom. The number of esters is 1. The lowest BCUT2D eigenvalue weighted by molar-refractivity contribution is -0.124. The average Bonchev–Trinajstić information content (AvgIpc) is 2.62. The van der Waals surface area contributed by atoms with E-state index >= 15 is 0 Å². The first kappa shape index (κ1) is 19.6. The van der Waals surface area contributed by atoms with Gasteiger partial charge in [-0.05, 0) is 41.7 Å². The molecule has 0 bridgehead atoms. The van der Waals surface area contributed by atoms with E-state index in [2.05, 4.69) is 31.3 Å². The van der Waals surface area contributed by atoms with Crippen molar-refractivity contribution in [1.29, 1.82) is 0 Å². The van der Waals surface area contributed by atoms with E-state index in [9.17, 15) is 18.4 Å². The van der Waals surface area contributed by atoms with E-state index < -0.39 is 30.1 Å². The Kier molecular flexibility index (Phi) is 6.83. The molecule has 2 rings (SSSR count). The summed E-state index contributed by atoms with van der Waals surface area (Å²) in [5, 5.41) is 2.65. The lowest BCUT2D eigenvalue weighted by atomic mass is 10.0. The molecule has 2 aromatic carbocycles. The van der Waals surface area contributed by atoms with Crippen molar-refractivity contribution in [3.05, 3.63) is 70.8 Å². The molecule has 1 N–H and O–H groups in total. The van der Waals surface area contributed by atoms with Crippen LogP contribution in [0.2, 0.25) is 0 Å². The summed E-state index contributed by atoms with van der Waals surface area (Å²) in [5.74, 6) is -3.08. The summed E-state index contributed by atoms with van der Waals surface area (Å²) in [7, 11) is 0. The van der Waals surface area contributed by atoms with E-state index in [-0.39, 0.29) is 5.56 Å². The summed E-state index contributed by atoms with van der Waals surface area (Å²) in [4.78, 5) is 23.4. The zero-order chi connectivity index (χ0) is 19.1. The van der Waals surface area contributed by atoms with Gasteiger partial charge in [-0.25, -0.2) is 13.6 Å².